The van der Waals surface area contributed by atoms with Gasteiger partial charge in [0.2, 0.25) is 11.8 Å². The van der Waals surface area contributed by atoms with E-state index in [1.54, 1.807) is 36.4 Å². The van der Waals surface area contributed by atoms with Gasteiger partial charge in [0.05, 0.1) is 22.5 Å². The smallest absolute Gasteiger partial charge is 0.264 e. The Morgan fingerprint density at radius 3 is 2.46 bits per heavy atom. The molecular weight excluding hydrogens is 500 g/mol. The van der Waals surface area contributed by atoms with Crippen LogP contribution in [-0.4, -0.2) is 66.7 Å². The fraction of sp³-hybridized carbons (Fsp3) is 0.241. The minimum absolute atomic E-state index is 0.0536. The van der Waals surface area contributed by atoms with E-state index in [4.69, 9.17) is 9.47 Å². The molecule has 3 aromatic carbocycles. The summed E-state index contributed by atoms with van der Waals surface area (Å²) >= 11 is 0. The molecule has 1 atom stereocenters. The number of hydrogen-bond acceptors (Lipinski definition) is 8. The predicted octanol–water partition coefficient (Wildman–Crippen LogP) is 3.56. The van der Waals surface area contributed by atoms with Gasteiger partial charge < -0.3 is 19.7 Å². The number of ether oxygens (including phenoxy) is 2. The van der Waals surface area contributed by atoms with Crippen molar-refractivity contribution in [2.45, 2.75) is 18.9 Å². The summed E-state index contributed by atoms with van der Waals surface area (Å²) in [5.41, 5.74) is 1.28. The Balaban J connectivity index is 1.45. The third kappa shape index (κ3) is 5.46. The van der Waals surface area contributed by atoms with Crippen molar-refractivity contribution in [2.24, 2.45) is 0 Å². The van der Waals surface area contributed by atoms with Crippen LogP contribution in [0.1, 0.15) is 33.6 Å². The van der Waals surface area contributed by atoms with Gasteiger partial charge in [-0.1, -0.05) is 24.3 Å². The van der Waals surface area contributed by atoms with Crippen molar-refractivity contribution in [1.29, 1.82) is 0 Å². The lowest BCUT2D eigenvalue weighted by Gasteiger charge is -2.27. The number of para-hydroxylation sites is 1. The van der Waals surface area contributed by atoms with E-state index in [1.165, 1.54) is 0 Å². The zero-order valence-corrected chi connectivity index (χ0v) is 21.6. The van der Waals surface area contributed by atoms with Gasteiger partial charge in [-0.2, -0.15) is 0 Å². The first-order chi connectivity index (χ1) is 18.8. The van der Waals surface area contributed by atoms with Crippen molar-refractivity contribution < 1.29 is 28.7 Å². The first-order valence-electron chi connectivity index (χ1n) is 12.6. The number of likely N-dealkylation sites (N-methyl/N-ethyl adjacent to an activating group) is 1. The maximum absolute atomic E-state index is 13.5. The van der Waals surface area contributed by atoms with Crippen molar-refractivity contribution in [3.05, 3.63) is 77.9 Å². The third-order valence-corrected chi connectivity index (χ3v) is 6.47. The fourth-order valence-electron chi connectivity index (χ4n) is 4.51. The number of piperidine rings is 1. The molecule has 3 aromatic rings. The van der Waals surface area contributed by atoms with Crippen LogP contribution in [0.25, 0.3) is 0 Å². The number of anilines is 2. The summed E-state index contributed by atoms with van der Waals surface area (Å²) < 4.78 is 12.0. The topological polar surface area (TPSA) is 117 Å². The van der Waals surface area contributed by atoms with Crippen LogP contribution in [0.5, 0.6) is 17.2 Å². The Morgan fingerprint density at radius 1 is 0.923 bits per heavy atom. The van der Waals surface area contributed by atoms with Crippen LogP contribution < -0.4 is 20.1 Å². The summed E-state index contributed by atoms with van der Waals surface area (Å²) in [6.07, 6.45) is 0.140. The number of hydrogen-bond donors (Lipinski definition) is 2. The molecule has 0 spiro atoms. The van der Waals surface area contributed by atoms with E-state index in [2.05, 4.69) is 10.6 Å². The quantitative estimate of drug-likeness (QED) is 0.405. The molecule has 0 saturated carbocycles. The van der Waals surface area contributed by atoms with Gasteiger partial charge in [-0.05, 0) is 56.9 Å². The van der Waals surface area contributed by atoms with Gasteiger partial charge in [0.25, 0.3) is 11.8 Å². The molecule has 10 nitrogen and oxygen atoms in total. The Labute approximate surface area is 225 Å². The van der Waals surface area contributed by atoms with E-state index >= 15 is 0 Å². The second-order valence-electron chi connectivity index (χ2n) is 9.53. The number of rotatable bonds is 9. The van der Waals surface area contributed by atoms with Gasteiger partial charge in [0, 0.05) is 19.0 Å². The first kappa shape index (κ1) is 25.9. The van der Waals surface area contributed by atoms with Crippen molar-refractivity contribution in [2.75, 3.05) is 32.6 Å². The van der Waals surface area contributed by atoms with E-state index < -0.39 is 29.7 Å². The normalized spacial score (nSPS) is 16.8. The summed E-state index contributed by atoms with van der Waals surface area (Å²) in [6.45, 7) is 1.23. The summed E-state index contributed by atoms with van der Waals surface area (Å²) in [5, 5.41) is 5.46. The molecular formula is C29H28N4O6. The number of carbonyl (C=O) groups is 4. The van der Waals surface area contributed by atoms with Gasteiger partial charge in [0.1, 0.15) is 24.1 Å². The van der Waals surface area contributed by atoms with E-state index in [-0.39, 0.29) is 24.0 Å². The van der Waals surface area contributed by atoms with Crippen molar-refractivity contribution in [3.63, 3.8) is 0 Å². The first-order valence-corrected chi connectivity index (χ1v) is 12.6. The number of amides is 4. The highest BCUT2D eigenvalue weighted by molar-refractivity contribution is 6.25. The molecule has 10 heteroatoms. The highest BCUT2D eigenvalue weighted by Gasteiger charge is 2.45. The Morgan fingerprint density at radius 2 is 1.72 bits per heavy atom. The Kier molecular flexibility index (Phi) is 7.29. The zero-order chi connectivity index (χ0) is 27.5. The Bertz CT molecular complexity index is 1440. The largest absolute Gasteiger partial charge is 0.492 e. The minimum atomic E-state index is -1.04. The predicted molar refractivity (Wildman–Crippen MR) is 143 cm³/mol. The fourth-order valence-corrected chi connectivity index (χ4v) is 4.51. The number of benzene rings is 3. The lowest BCUT2D eigenvalue weighted by atomic mass is 10.0. The summed E-state index contributed by atoms with van der Waals surface area (Å²) in [7, 11) is 3.93. The van der Waals surface area contributed by atoms with E-state index in [0.717, 1.165) is 11.4 Å². The molecule has 200 valence electrons. The summed E-state index contributed by atoms with van der Waals surface area (Å²) in [6, 6.07) is 18.4. The molecule has 1 unspecified atom stereocenters. The molecule has 0 radical (unpaired) electrons. The summed E-state index contributed by atoms with van der Waals surface area (Å²) in [4.78, 5) is 53.7. The number of imide groups is 2. The standard InChI is InChI=1S/C29H28N4O6/c1-32(2)15-16-38-19-11-12-21(24(17-19)39-18-7-4-3-5-8-18)30-22-10-6-9-20-26(22)29(37)33(28(20)36)23-13-14-25(34)31-27(23)35/h3-12,17,23,30H,13-16H2,1-2H3,(H,31,34,35). The second-order valence-corrected chi connectivity index (χ2v) is 9.53. The number of nitrogens with zero attached hydrogens (tertiary/aromatic N) is 2. The SMILES string of the molecule is CN(C)CCOc1ccc(Nc2cccc3c2C(=O)N(C2CCC(=O)NC2=O)C3=O)c(Oc2ccccc2)c1. The van der Waals surface area contributed by atoms with Gasteiger partial charge in [-0.25, -0.2) is 0 Å². The van der Waals surface area contributed by atoms with Crippen LogP contribution >= 0.6 is 0 Å². The number of fused-ring (bicyclic) bond motifs is 1. The van der Waals surface area contributed by atoms with Crippen molar-refractivity contribution in [3.8, 4) is 17.2 Å². The van der Waals surface area contributed by atoms with Crippen molar-refractivity contribution >= 4 is 35.0 Å². The van der Waals surface area contributed by atoms with E-state index in [9.17, 15) is 19.2 Å². The van der Waals surface area contributed by atoms with Gasteiger partial charge in [-0.15, -0.1) is 0 Å². The molecule has 2 N–H and O–H groups in total. The molecule has 2 aliphatic rings. The van der Waals surface area contributed by atoms with Crippen LogP contribution in [0.3, 0.4) is 0 Å². The van der Waals surface area contributed by atoms with E-state index in [0.29, 0.717) is 35.2 Å². The molecule has 1 fully saturated rings. The molecule has 5 rings (SSSR count). The van der Waals surface area contributed by atoms with Crippen LogP contribution in [-0.2, 0) is 9.59 Å². The van der Waals surface area contributed by atoms with Crippen LogP contribution in [0.4, 0.5) is 11.4 Å². The molecule has 0 aliphatic carbocycles. The molecule has 2 heterocycles. The number of carbonyl (C=O) groups excluding carboxylic acids is 4. The Hall–Kier alpha value is -4.70. The number of nitrogens with one attached hydrogen (secondary N) is 2. The van der Waals surface area contributed by atoms with Gasteiger partial charge in [-0.3, -0.25) is 29.4 Å². The average Bonchev–Trinajstić information content (AvgIpc) is 3.16. The average molecular weight is 529 g/mol. The lowest BCUT2D eigenvalue weighted by Crippen LogP contribution is -2.54. The molecule has 0 aromatic heterocycles. The zero-order valence-electron chi connectivity index (χ0n) is 21.6. The monoisotopic (exact) mass is 528 g/mol. The highest BCUT2D eigenvalue weighted by atomic mass is 16.5. The lowest BCUT2D eigenvalue weighted by molar-refractivity contribution is -0.136. The second kappa shape index (κ2) is 11.0. The van der Waals surface area contributed by atoms with Crippen LogP contribution in [0.15, 0.2) is 66.7 Å². The maximum atomic E-state index is 13.5. The van der Waals surface area contributed by atoms with Crippen LogP contribution in [0.2, 0.25) is 0 Å². The van der Waals surface area contributed by atoms with Gasteiger partial charge in [0.15, 0.2) is 5.75 Å². The van der Waals surface area contributed by atoms with Crippen molar-refractivity contribution in [1.82, 2.24) is 15.1 Å². The summed E-state index contributed by atoms with van der Waals surface area (Å²) in [5.74, 6) is -0.560. The van der Waals surface area contributed by atoms with Gasteiger partial charge >= 0.3 is 0 Å². The molecule has 2 aliphatic heterocycles. The minimum Gasteiger partial charge on any atom is -0.492 e. The maximum Gasteiger partial charge on any atom is 0.264 e. The molecule has 0 bridgehead atoms. The highest BCUT2D eigenvalue weighted by Crippen LogP contribution is 2.38. The molecule has 1 saturated heterocycles. The molecule has 4 amide bonds. The van der Waals surface area contributed by atoms with Crippen LogP contribution in [0, 0.1) is 0 Å². The third-order valence-electron chi connectivity index (χ3n) is 6.47. The molecule has 39 heavy (non-hydrogen) atoms. The van der Waals surface area contributed by atoms with E-state index in [1.807, 2.05) is 49.3 Å².